The van der Waals surface area contributed by atoms with Crippen molar-refractivity contribution >= 4 is 23.7 Å². The fraction of sp³-hybridized carbons (Fsp3) is 0.448. The highest BCUT2D eigenvalue weighted by molar-refractivity contribution is 6.09. The van der Waals surface area contributed by atoms with Crippen LogP contribution in [-0.2, 0) is 4.74 Å². The molecule has 2 saturated heterocycles. The van der Waals surface area contributed by atoms with Crippen LogP contribution in [0.25, 0.3) is 0 Å². The minimum Gasteiger partial charge on any atom is -0.494 e. The van der Waals surface area contributed by atoms with Gasteiger partial charge in [-0.05, 0) is 61.1 Å². The first-order chi connectivity index (χ1) is 18.3. The summed E-state index contributed by atoms with van der Waals surface area (Å²) in [7, 11) is 0. The van der Waals surface area contributed by atoms with Crippen molar-refractivity contribution in [3.8, 4) is 5.75 Å². The van der Waals surface area contributed by atoms with Gasteiger partial charge < -0.3 is 19.3 Å². The Labute approximate surface area is 218 Å². The Bertz CT molecular complexity index is 1200. The predicted octanol–water partition coefficient (Wildman–Crippen LogP) is 4.31. The lowest BCUT2D eigenvalue weighted by molar-refractivity contribution is 0.0672. The summed E-state index contributed by atoms with van der Waals surface area (Å²) in [6, 6.07) is 12.6. The van der Waals surface area contributed by atoms with Crippen LogP contribution < -0.4 is 9.64 Å². The van der Waals surface area contributed by atoms with Crippen molar-refractivity contribution in [2.45, 2.75) is 31.7 Å². The molecule has 0 saturated carbocycles. The SMILES string of the molecule is C1=NCCC=C1CCCOc1cccc(C2N=C(N3CCOCC3)N=C3C2CCN3c2ccncc2)c1. The second kappa shape index (κ2) is 11.3. The molecule has 0 amide bonds. The fourth-order valence-corrected chi connectivity index (χ4v) is 5.49. The van der Waals surface area contributed by atoms with Crippen LogP contribution in [0.3, 0.4) is 0 Å². The summed E-state index contributed by atoms with van der Waals surface area (Å²) in [5, 5.41) is 0. The van der Waals surface area contributed by atoms with Gasteiger partial charge in [-0.25, -0.2) is 4.99 Å². The van der Waals surface area contributed by atoms with Crippen LogP contribution in [0.15, 0.2) is 75.4 Å². The Morgan fingerprint density at radius 3 is 2.78 bits per heavy atom. The monoisotopic (exact) mass is 498 g/mol. The van der Waals surface area contributed by atoms with Crippen LogP contribution in [0.2, 0.25) is 0 Å². The Kier molecular flexibility index (Phi) is 7.26. The first kappa shape index (κ1) is 23.9. The van der Waals surface area contributed by atoms with E-state index in [9.17, 15) is 0 Å². The highest BCUT2D eigenvalue weighted by atomic mass is 16.5. The Morgan fingerprint density at radius 1 is 1.05 bits per heavy atom. The first-order valence-electron chi connectivity index (χ1n) is 13.4. The van der Waals surface area contributed by atoms with Gasteiger partial charge in [0, 0.05) is 56.4 Å². The van der Waals surface area contributed by atoms with E-state index in [0.717, 1.165) is 75.1 Å². The maximum Gasteiger partial charge on any atom is 0.223 e. The molecule has 2 atom stereocenters. The molecule has 0 radical (unpaired) electrons. The number of hydrogen-bond acceptors (Lipinski definition) is 8. The van der Waals surface area contributed by atoms with Crippen molar-refractivity contribution in [1.82, 2.24) is 9.88 Å². The van der Waals surface area contributed by atoms with Crippen LogP contribution in [-0.4, -0.2) is 73.9 Å². The minimum atomic E-state index is 0.00402. The summed E-state index contributed by atoms with van der Waals surface area (Å²) in [5.41, 5.74) is 3.63. The summed E-state index contributed by atoms with van der Waals surface area (Å²) >= 11 is 0. The lowest BCUT2D eigenvalue weighted by Crippen LogP contribution is -2.44. The average Bonchev–Trinajstić information content (AvgIpc) is 3.41. The van der Waals surface area contributed by atoms with Crippen molar-refractivity contribution in [3.05, 3.63) is 66.0 Å². The van der Waals surface area contributed by atoms with E-state index >= 15 is 0 Å². The van der Waals surface area contributed by atoms with E-state index in [2.05, 4.69) is 56.2 Å². The molecule has 0 aliphatic carbocycles. The maximum atomic E-state index is 6.18. The van der Waals surface area contributed by atoms with Crippen molar-refractivity contribution in [2.75, 3.05) is 50.9 Å². The van der Waals surface area contributed by atoms with Crippen molar-refractivity contribution < 1.29 is 9.47 Å². The number of allylic oxidation sites excluding steroid dienone is 1. The molecule has 192 valence electrons. The molecule has 6 rings (SSSR count). The van der Waals surface area contributed by atoms with E-state index in [-0.39, 0.29) is 12.0 Å². The number of pyridine rings is 1. The second-order valence-corrected chi connectivity index (χ2v) is 9.82. The van der Waals surface area contributed by atoms with Gasteiger partial charge in [0.05, 0.1) is 25.9 Å². The highest BCUT2D eigenvalue weighted by Crippen LogP contribution is 2.40. The largest absolute Gasteiger partial charge is 0.494 e. The topological polar surface area (TPSA) is 74.9 Å². The number of guanidine groups is 1. The highest BCUT2D eigenvalue weighted by Gasteiger charge is 2.40. The third kappa shape index (κ3) is 5.44. The molecular formula is C29H34N6O2. The average molecular weight is 499 g/mol. The van der Waals surface area contributed by atoms with Crippen LogP contribution in [0, 0.1) is 5.92 Å². The number of amidine groups is 1. The summed E-state index contributed by atoms with van der Waals surface area (Å²) in [4.78, 5) is 23.5. The molecule has 1 aromatic carbocycles. The molecule has 4 aliphatic rings. The van der Waals surface area contributed by atoms with Crippen molar-refractivity contribution in [1.29, 1.82) is 0 Å². The van der Waals surface area contributed by atoms with Gasteiger partial charge in [-0.1, -0.05) is 18.2 Å². The number of nitrogens with zero attached hydrogens (tertiary/aromatic N) is 6. The second-order valence-electron chi connectivity index (χ2n) is 9.82. The number of anilines is 1. The number of fused-ring (bicyclic) bond motifs is 1. The fourth-order valence-electron chi connectivity index (χ4n) is 5.49. The zero-order valence-electron chi connectivity index (χ0n) is 21.2. The maximum absolute atomic E-state index is 6.18. The molecule has 5 heterocycles. The summed E-state index contributed by atoms with van der Waals surface area (Å²) in [6.45, 7) is 5.56. The van der Waals surface area contributed by atoms with Gasteiger partial charge >= 0.3 is 0 Å². The zero-order valence-corrected chi connectivity index (χ0v) is 21.2. The van der Waals surface area contributed by atoms with E-state index in [1.807, 2.05) is 24.7 Å². The van der Waals surface area contributed by atoms with Gasteiger partial charge in [0.1, 0.15) is 11.6 Å². The van der Waals surface area contributed by atoms with Gasteiger partial charge in [0.2, 0.25) is 5.96 Å². The quantitative estimate of drug-likeness (QED) is 0.532. The Balaban J connectivity index is 1.21. The Morgan fingerprint density at radius 2 is 1.95 bits per heavy atom. The lowest BCUT2D eigenvalue weighted by Gasteiger charge is -2.34. The lowest BCUT2D eigenvalue weighted by atomic mass is 9.91. The predicted molar refractivity (Wildman–Crippen MR) is 147 cm³/mol. The van der Waals surface area contributed by atoms with E-state index in [1.165, 1.54) is 11.1 Å². The molecule has 8 nitrogen and oxygen atoms in total. The summed E-state index contributed by atoms with van der Waals surface area (Å²) in [6.07, 6.45) is 12.0. The van der Waals surface area contributed by atoms with E-state index < -0.39 is 0 Å². The van der Waals surface area contributed by atoms with Gasteiger partial charge in [-0.2, -0.15) is 4.99 Å². The summed E-state index contributed by atoms with van der Waals surface area (Å²) in [5.74, 6) is 3.04. The molecular weight excluding hydrogens is 464 g/mol. The van der Waals surface area contributed by atoms with Crippen molar-refractivity contribution in [3.63, 3.8) is 0 Å². The number of dihydropyridines is 1. The zero-order chi connectivity index (χ0) is 24.9. The molecule has 4 aliphatic heterocycles. The smallest absolute Gasteiger partial charge is 0.223 e. The van der Waals surface area contributed by atoms with Gasteiger partial charge in [-0.15, -0.1) is 0 Å². The van der Waals surface area contributed by atoms with Gasteiger partial charge in [0.15, 0.2) is 0 Å². The molecule has 2 unspecified atom stereocenters. The van der Waals surface area contributed by atoms with Gasteiger partial charge in [0.25, 0.3) is 0 Å². The molecule has 2 fully saturated rings. The number of aliphatic imine (C=N–C) groups is 3. The molecule has 2 aromatic rings. The number of ether oxygens (including phenoxy) is 2. The normalized spacial score (nSPS) is 23.3. The molecule has 37 heavy (non-hydrogen) atoms. The first-order valence-corrected chi connectivity index (χ1v) is 13.4. The number of hydrogen-bond donors (Lipinski definition) is 0. The van der Waals surface area contributed by atoms with Crippen LogP contribution in [0.1, 0.15) is 37.3 Å². The minimum absolute atomic E-state index is 0.00402. The molecule has 0 N–H and O–H groups in total. The number of benzene rings is 1. The number of rotatable bonds is 7. The molecule has 0 spiro atoms. The summed E-state index contributed by atoms with van der Waals surface area (Å²) < 4.78 is 11.8. The van der Waals surface area contributed by atoms with E-state index in [1.54, 1.807) is 0 Å². The number of morpholine rings is 1. The Hall–Kier alpha value is -3.52. The van der Waals surface area contributed by atoms with Crippen molar-refractivity contribution in [2.24, 2.45) is 20.9 Å². The third-order valence-electron chi connectivity index (χ3n) is 7.39. The van der Waals surface area contributed by atoms with E-state index in [0.29, 0.717) is 19.8 Å². The van der Waals surface area contributed by atoms with E-state index in [4.69, 9.17) is 19.5 Å². The standard InChI is InChI=1S/C29H34N6O2/c1-6-23(20-25(7-1)37-17-3-5-22-4-2-11-31-21-22)27-26-10-14-35(24-8-12-30-13-9-24)28(26)33-29(32-27)34-15-18-36-19-16-34/h1,4,6-9,12-13,20-21,26-27H,2-3,5,10-11,14-19H2. The van der Waals surface area contributed by atoms with Crippen LogP contribution in [0.4, 0.5) is 5.69 Å². The van der Waals surface area contributed by atoms with Gasteiger partial charge in [-0.3, -0.25) is 9.98 Å². The van der Waals surface area contributed by atoms with Crippen LogP contribution in [0.5, 0.6) is 5.75 Å². The third-order valence-corrected chi connectivity index (χ3v) is 7.39. The molecule has 8 heteroatoms. The number of aromatic nitrogens is 1. The molecule has 1 aromatic heterocycles. The molecule has 0 bridgehead atoms. The van der Waals surface area contributed by atoms with Crippen LogP contribution >= 0.6 is 0 Å².